The van der Waals surface area contributed by atoms with Crippen LogP contribution in [0.15, 0.2) is 24.3 Å². The van der Waals surface area contributed by atoms with Gasteiger partial charge in [0.25, 0.3) is 0 Å². The second kappa shape index (κ2) is 7.29. The average Bonchev–Trinajstić information content (AvgIpc) is 2.35. The molecule has 6 nitrogen and oxygen atoms in total. The number of hydrogen-bond acceptors (Lipinski definition) is 3. The summed E-state index contributed by atoms with van der Waals surface area (Å²) >= 11 is 0. The van der Waals surface area contributed by atoms with Crippen molar-refractivity contribution in [1.82, 2.24) is 10.6 Å². The lowest BCUT2D eigenvalue weighted by atomic mass is 10.2. The van der Waals surface area contributed by atoms with Gasteiger partial charge in [0.1, 0.15) is 0 Å². The van der Waals surface area contributed by atoms with Gasteiger partial charge in [-0.3, -0.25) is 0 Å². The maximum Gasteiger partial charge on any atom is 0.335 e. The first-order valence-electron chi connectivity index (χ1n) is 5.66. The molecule has 0 aromatic heterocycles. The van der Waals surface area contributed by atoms with E-state index in [-0.39, 0.29) is 11.6 Å². The minimum atomic E-state index is -0.988. The van der Waals surface area contributed by atoms with Crippen LogP contribution in [0.1, 0.15) is 16.8 Å². The summed E-state index contributed by atoms with van der Waals surface area (Å²) in [6.07, 6.45) is 0.849. The Morgan fingerprint density at radius 2 is 1.83 bits per heavy atom. The van der Waals surface area contributed by atoms with Crippen LogP contribution in [0.25, 0.3) is 0 Å². The van der Waals surface area contributed by atoms with Crippen molar-refractivity contribution < 1.29 is 14.7 Å². The molecule has 1 rings (SSSR count). The third-order valence-corrected chi connectivity index (χ3v) is 2.28. The molecule has 0 aliphatic heterocycles. The third-order valence-electron chi connectivity index (χ3n) is 2.28. The van der Waals surface area contributed by atoms with Crippen molar-refractivity contribution in [1.29, 1.82) is 0 Å². The molecule has 0 aliphatic rings. The summed E-state index contributed by atoms with van der Waals surface area (Å²) in [5.74, 6) is -0.988. The lowest BCUT2D eigenvalue weighted by molar-refractivity contribution is 0.0697. The molecule has 0 radical (unpaired) electrons. The van der Waals surface area contributed by atoms with E-state index >= 15 is 0 Å². The lowest BCUT2D eigenvalue weighted by Crippen LogP contribution is -2.30. The van der Waals surface area contributed by atoms with Gasteiger partial charge < -0.3 is 21.1 Å². The van der Waals surface area contributed by atoms with E-state index in [1.165, 1.54) is 12.1 Å². The van der Waals surface area contributed by atoms with Crippen LogP contribution in [0.2, 0.25) is 0 Å². The zero-order valence-corrected chi connectivity index (χ0v) is 10.2. The van der Waals surface area contributed by atoms with Crippen molar-refractivity contribution in [3.63, 3.8) is 0 Å². The first-order chi connectivity index (χ1) is 8.63. The second-order valence-corrected chi connectivity index (χ2v) is 3.72. The topological polar surface area (TPSA) is 90.5 Å². The van der Waals surface area contributed by atoms with Gasteiger partial charge in [-0.1, -0.05) is 0 Å². The van der Waals surface area contributed by atoms with Gasteiger partial charge in [-0.05, 0) is 44.3 Å². The minimum absolute atomic E-state index is 0.190. The number of aromatic carboxylic acids is 1. The van der Waals surface area contributed by atoms with Crippen molar-refractivity contribution >= 4 is 17.7 Å². The Morgan fingerprint density at radius 3 is 2.39 bits per heavy atom. The number of carboxylic acid groups (broad SMARTS) is 1. The van der Waals surface area contributed by atoms with E-state index in [0.717, 1.165) is 13.0 Å². The van der Waals surface area contributed by atoms with Crippen molar-refractivity contribution in [3.05, 3.63) is 29.8 Å². The average molecular weight is 251 g/mol. The molecule has 0 unspecified atom stereocenters. The van der Waals surface area contributed by atoms with E-state index in [4.69, 9.17) is 5.11 Å². The molecule has 2 amide bonds. The van der Waals surface area contributed by atoms with E-state index in [0.29, 0.717) is 12.2 Å². The summed E-state index contributed by atoms with van der Waals surface area (Å²) in [5, 5.41) is 17.0. The molecular formula is C12H17N3O3. The maximum atomic E-state index is 11.4. The van der Waals surface area contributed by atoms with Gasteiger partial charge in [-0.15, -0.1) is 0 Å². The molecule has 0 atom stereocenters. The number of amides is 2. The van der Waals surface area contributed by atoms with Crippen LogP contribution in [0.3, 0.4) is 0 Å². The summed E-state index contributed by atoms with van der Waals surface area (Å²) in [7, 11) is 1.85. The zero-order chi connectivity index (χ0) is 13.4. The fourth-order valence-electron chi connectivity index (χ4n) is 1.34. The van der Waals surface area contributed by atoms with Crippen molar-refractivity contribution in [2.75, 3.05) is 25.5 Å². The molecule has 1 aromatic rings. The van der Waals surface area contributed by atoms with Gasteiger partial charge in [0.2, 0.25) is 0 Å². The number of anilines is 1. The normalized spacial score (nSPS) is 9.83. The van der Waals surface area contributed by atoms with E-state index in [2.05, 4.69) is 16.0 Å². The molecule has 0 aliphatic carbocycles. The van der Waals surface area contributed by atoms with Crippen LogP contribution in [-0.2, 0) is 0 Å². The van der Waals surface area contributed by atoms with Gasteiger partial charge in [-0.25, -0.2) is 9.59 Å². The standard InChI is InChI=1S/C12H17N3O3/c1-13-7-2-8-14-12(18)15-10-5-3-9(4-6-10)11(16)17/h3-6,13H,2,7-8H2,1H3,(H,16,17)(H2,14,15,18). The van der Waals surface area contributed by atoms with Crippen molar-refractivity contribution in [2.24, 2.45) is 0 Å². The molecular weight excluding hydrogens is 234 g/mol. The Labute approximate surface area is 105 Å². The van der Waals surface area contributed by atoms with Crippen LogP contribution in [0.4, 0.5) is 10.5 Å². The number of urea groups is 1. The highest BCUT2D eigenvalue weighted by Gasteiger charge is 2.03. The Morgan fingerprint density at radius 1 is 1.17 bits per heavy atom. The van der Waals surface area contributed by atoms with Crippen LogP contribution in [-0.4, -0.2) is 37.2 Å². The van der Waals surface area contributed by atoms with Crippen LogP contribution in [0.5, 0.6) is 0 Å². The minimum Gasteiger partial charge on any atom is -0.478 e. The molecule has 18 heavy (non-hydrogen) atoms. The number of carbonyl (C=O) groups is 2. The molecule has 6 heteroatoms. The fourth-order valence-corrected chi connectivity index (χ4v) is 1.34. The first kappa shape index (κ1) is 14.0. The van der Waals surface area contributed by atoms with Gasteiger partial charge >= 0.3 is 12.0 Å². The molecule has 1 aromatic carbocycles. The fraction of sp³-hybridized carbons (Fsp3) is 0.333. The molecule has 0 spiro atoms. The van der Waals surface area contributed by atoms with Crippen molar-refractivity contribution in [2.45, 2.75) is 6.42 Å². The first-order valence-corrected chi connectivity index (χ1v) is 5.66. The summed E-state index contributed by atoms with van der Waals surface area (Å²) in [6, 6.07) is 5.69. The molecule has 4 N–H and O–H groups in total. The molecule has 0 saturated heterocycles. The van der Waals surface area contributed by atoms with E-state index in [1.807, 2.05) is 7.05 Å². The third kappa shape index (κ3) is 4.84. The summed E-state index contributed by atoms with van der Waals surface area (Å²) in [5.41, 5.74) is 0.751. The molecule has 0 saturated carbocycles. The van der Waals surface area contributed by atoms with Gasteiger partial charge in [0, 0.05) is 12.2 Å². The van der Waals surface area contributed by atoms with Gasteiger partial charge in [0.05, 0.1) is 5.56 Å². The number of rotatable bonds is 6. The second-order valence-electron chi connectivity index (χ2n) is 3.72. The maximum absolute atomic E-state index is 11.4. The number of carbonyl (C=O) groups excluding carboxylic acids is 1. The summed E-state index contributed by atoms with van der Waals surface area (Å²) < 4.78 is 0. The van der Waals surface area contributed by atoms with E-state index in [1.54, 1.807) is 12.1 Å². The molecule has 98 valence electrons. The van der Waals surface area contributed by atoms with Crippen LogP contribution < -0.4 is 16.0 Å². The quantitative estimate of drug-likeness (QED) is 0.570. The Bertz CT molecular complexity index is 404. The largest absolute Gasteiger partial charge is 0.478 e. The van der Waals surface area contributed by atoms with Crippen molar-refractivity contribution in [3.8, 4) is 0 Å². The van der Waals surface area contributed by atoms with Gasteiger partial charge in [0.15, 0.2) is 0 Å². The SMILES string of the molecule is CNCCCNC(=O)Nc1ccc(C(=O)O)cc1. The lowest BCUT2D eigenvalue weighted by Gasteiger charge is -2.07. The number of nitrogens with one attached hydrogen (secondary N) is 3. The molecule has 0 bridgehead atoms. The number of carboxylic acids is 1. The highest BCUT2D eigenvalue weighted by Crippen LogP contribution is 2.09. The summed E-state index contributed by atoms with van der Waals surface area (Å²) in [6.45, 7) is 1.42. The predicted octanol–water partition coefficient (Wildman–Crippen LogP) is 1.12. The highest BCUT2D eigenvalue weighted by molar-refractivity contribution is 5.91. The Hall–Kier alpha value is -2.08. The van der Waals surface area contributed by atoms with E-state index < -0.39 is 5.97 Å². The Kier molecular flexibility index (Phi) is 5.66. The molecule has 0 heterocycles. The summed E-state index contributed by atoms with van der Waals surface area (Å²) in [4.78, 5) is 22.1. The van der Waals surface area contributed by atoms with Crippen LogP contribution >= 0.6 is 0 Å². The predicted molar refractivity (Wildman–Crippen MR) is 69.0 cm³/mol. The highest BCUT2D eigenvalue weighted by atomic mass is 16.4. The van der Waals surface area contributed by atoms with Crippen LogP contribution in [0, 0.1) is 0 Å². The smallest absolute Gasteiger partial charge is 0.335 e. The molecule has 0 fully saturated rings. The van der Waals surface area contributed by atoms with E-state index in [9.17, 15) is 9.59 Å². The number of benzene rings is 1. The Balaban J connectivity index is 2.37. The zero-order valence-electron chi connectivity index (χ0n) is 10.2. The monoisotopic (exact) mass is 251 g/mol. The number of hydrogen-bond donors (Lipinski definition) is 4. The van der Waals surface area contributed by atoms with Gasteiger partial charge in [-0.2, -0.15) is 0 Å².